The van der Waals surface area contributed by atoms with E-state index in [0.717, 1.165) is 19.6 Å². The Kier molecular flexibility index (Phi) is 6.79. The molecule has 0 radical (unpaired) electrons. The third kappa shape index (κ3) is 4.57. The van der Waals surface area contributed by atoms with Crippen LogP contribution in [0.1, 0.15) is 28.4 Å². The number of rotatable bonds is 6. The summed E-state index contributed by atoms with van der Waals surface area (Å²) in [6.45, 7) is 5.30. The maximum Gasteiger partial charge on any atom is 0.129 e. The van der Waals surface area contributed by atoms with E-state index in [4.69, 9.17) is 11.6 Å². The fraction of sp³-hybridized carbons (Fsp3) is 0.280. The van der Waals surface area contributed by atoms with Gasteiger partial charge in [-0.05, 0) is 54.1 Å². The summed E-state index contributed by atoms with van der Waals surface area (Å²) in [6, 6.07) is 22.2. The SMILES string of the molecule is CSc1ccc([C@@H]2N(Cc3ccccc3C)CCN2Cc2c(F)cccc2Cl)cc1. The van der Waals surface area contributed by atoms with E-state index in [9.17, 15) is 4.39 Å². The van der Waals surface area contributed by atoms with Crippen LogP contribution in [-0.4, -0.2) is 29.1 Å². The van der Waals surface area contributed by atoms with Crippen LogP contribution in [0, 0.1) is 12.7 Å². The molecule has 1 heterocycles. The third-order valence-corrected chi connectivity index (χ3v) is 6.94. The lowest BCUT2D eigenvalue weighted by Gasteiger charge is -2.31. The van der Waals surface area contributed by atoms with Crippen LogP contribution in [-0.2, 0) is 13.1 Å². The van der Waals surface area contributed by atoms with Crippen LogP contribution < -0.4 is 0 Å². The van der Waals surface area contributed by atoms with Crippen LogP contribution >= 0.6 is 23.4 Å². The largest absolute Gasteiger partial charge is 0.278 e. The van der Waals surface area contributed by atoms with E-state index in [1.165, 1.54) is 27.7 Å². The Morgan fingerprint density at radius 1 is 0.933 bits per heavy atom. The molecule has 0 N–H and O–H groups in total. The van der Waals surface area contributed by atoms with Gasteiger partial charge in [0.2, 0.25) is 0 Å². The summed E-state index contributed by atoms with van der Waals surface area (Å²) >= 11 is 8.08. The first-order chi connectivity index (χ1) is 14.6. The number of benzene rings is 3. The van der Waals surface area contributed by atoms with Crippen molar-refractivity contribution in [3.05, 3.63) is 99.8 Å². The topological polar surface area (TPSA) is 6.48 Å². The van der Waals surface area contributed by atoms with Crippen LogP contribution in [0.5, 0.6) is 0 Å². The zero-order valence-electron chi connectivity index (χ0n) is 17.3. The maximum atomic E-state index is 14.5. The van der Waals surface area contributed by atoms with Crippen LogP contribution in [0.25, 0.3) is 0 Å². The van der Waals surface area contributed by atoms with Gasteiger partial charge in [0.1, 0.15) is 5.82 Å². The summed E-state index contributed by atoms with van der Waals surface area (Å²) in [5.74, 6) is -0.240. The summed E-state index contributed by atoms with van der Waals surface area (Å²) < 4.78 is 14.5. The van der Waals surface area contributed by atoms with Gasteiger partial charge in [-0.15, -0.1) is 11.8 Å². The lowest BCUT2D eigenvalue weighted by Crippen LogP contribution is -2.31. The molecule has 156 valence electrons. The van der Waals surface area contributed by atoms with Crippen molar-refractivity contribution in [1.82, 2.24) is 9.80 Å². The number of halogens is 2. The predicted molar refractivity (Wildman–Crippen MR) is 124 cm³/mol. The number of hydrogen-bond donors (Lipinski definition) is 0. The van der Waals surface area contributed by atoms with E-state index >= 15 is 0 Å². The fourth-order valence-electron chi connectivity index (χ4n) is 4.15. The molecule has 1 saturated heterocycles. The summed E-state index contributed by atoms with van der Waals surface area (Å²) in [4.78, 5) is 6.05. The second-order valence-electron chi connectivity index (χ2n) is 7.71. The molecule has 2 nitrogen and oxygen atoms in total. The van der Waals surface area contributed by atoms with Crippen molar-refractivity contribution in [2.45, 2.75) is 31.1 Å². The van der Waals surface area contributed by atoms with E-state index < -0.39 is 0 Å². The number of nitrogens with zero attached hydrogens (tertiary/aromatic N) is 2. The number of hydrogen-bond acceptors (Lipinski definition) is 3. The van der Waals surface area contributed by atoms with Crippen LogP contribution in [0.4, 0.5) is 4.39 Å². The van der Waals surface area contributed by atoms with Gasteiger partial charge in [-0.1, -0.05) is 54.1 Å². The van der Waals surface area contributed by atoms with Crippen molar-refractivity contribution in [3.63, 3.8) is 0 Å². The Morgan fingerprint density at radius 3 is 2.30 bits per heavy atom. The van der Waals surface area contributed by atoms with Gasteiger partial charge in [0, 0.05) is 41.7 Å². The molecule has 3 aromatic carbocycles. The summed E-state index contributed by atoms with van der Waals surface area (Å²) in [5.41, 5.74) is 4.42. The molecule has 5 heteroatoms. The standard InChI is InChI=1S/C25H26ClFN2S/c1-18-6-3-4-7-20(18)16-28-14-15-29(17-22-23(26)8-5-9-24(22)27)25(28)19-10-12-21(30-2)13-11-19/h3-13,25H,14-17H2,1-2H3/t25-/m1/s1. The van der Waals surface area contributed by atoms with E-state index in [0.29, 0.717) is 17.1 Å². The number of thioether (sulfide) groups is 1. The van der Waals surface area contributed by atoms with Crippen LogP contribution in [0.2, 0.25) is 5.02 Å². The van der Waals surface area contributed by atoms with Crippen molar-refractivity contribution >= 4 is 23.4 Å². The van der Waals surface area contributed by atoms with Gasteiger partial charge in [0.15, 0.2) is 0 Å². The van der Waals surface area contributed by atoms with Crippen molar-refractivity contribution in [2.75, 3.05) is 19.3 Å². The molecule has 0 saturated carbocycles. The summed E-state index contributed by atoms with van der Waals surface area (Å²) in [7, 11) is 0. The zero-order chi connectivity index (χ0) is 21.1. The Morgan fingerprint density at radius 2 is 1.63 bits per heavy atom. The van der Waals surface area contributed by atoms with Gasteiger partial charge < -0.3 is 0 Å². The summed E-state index contributed by atoms with van der Waals surface area (Å²) in [5, 5.41) is 0.490. The average molecular weight is 441 g/mol. The van der Waals surface area contributed by atoms with Gasteiger partial charge in [0.25, 0.3) is 0 Å². The van der Waals surface area contributed by atoms with Gasteiger partial charge in [-0.3, -0.25) is 9.80 Å². The van der Waals surface area contributed by atoms with Crippen molar-refractivity contribution in [2.24, 2.45) is 0 Å². The third-order valence-electron chi connectivity index (χ3n) is 5.84. The molecule has 1 aliphatic heterocycles. The van der Waals surface area contributed by atoms with Crippen LogP contribution in [0.15, 0.2) is 71.6 Å². The minimum atomic E-state index is -0.240. The van der Waals surface area contributed by atoms with Crippen LogP contribution in [0.3, 0.4) is 0 Å². The maximum absolute atomic E-state index is 14.5. The van der Waals surface area contributed by atoms with Crippen molar-refractivity contribution < 1.29 is 4.39 Å². The first-order valence-electron chi connectivity index (χ1n) is 10.2. The molecule has 3 aromatic rings. The molecule has 0 bridgehead atoms. The monoisotopic (exact) mass is 440 g/mol. The van der Waals surface area contributed by atoms with Gasteiger partial charge >= 0.3 is 0 Å². The molecule has 1 aliphatic rings. The first-order valence-corrected chi connectivity index (χ1v) is 11.8. The molecule has 0 aromatic heterocycles. The molecular formula is C25H26ClFN2S. The second kappa shape index (κ2) is 9.52. The molecule has 0 unspecified atom stereocenters. The predicted octanol–water partition coefficient (Wildman–Crippen LogP) is 6.53. The highest BCUT2D eigenvalue weighted by molar-refractivity contribution is 7.98. The minimum absolute atomic E-state index is 0.0798. The molecule has 0 spiro atoms. The van der Waals surface area contributed by atoms with Crippen molar-refractivity contribution in [3.8, 4) is 0 Å². The highest BCUT2D eigenvalue weighted by Crippen LogP contribution is 2.35. The Hall–Kier alpha value is -1.85. The minimum Gasteiger partial charge on any atom is -0.278 e. The molecule has 30 heavy (non-hydrogen) atoms. The van der Waals surface area contributed by atoms with E-state index in [2.05, 4.69) is 71.5 Å². The molecular weight excluding hydrogens is 415 g/mol. The lowest BCUT2D eigenvalue weighted by molar-refractivity contribution is 0.124. The normalized spacial score (nSPS) is 17.5. The van der Waals surface area contributed by atoms with E-state index in [-0.39, 0.29) is 12.0 Å². The van der Waals surface area contributed by atoms with Gasteiger partial charge in [-0.2, -0.15) is 0 Å². The van der Waals surface area contributed by atoms with Gasteiger partial charge in [-0.25, -0.2) is 4.39 Å². The molecule has 0 amide bonds. The quantitative estimate of drug-likeness (QED) is 0.402. The Balaban J connectivity index is 1.66. The highest BCUT2D eigenvalue weighted by Gasteiger charge is 2.34. The molecule has 1 atom stereocenters. The average Bonchev–Trinajstić information content (AvgIpc) is 3.14. The summed E-state index contributed by atoms with van der Waals surface area (Å²) in [6.07, 6.45) is 2.16. The second-order valence-corrected chi connectivity index (χ2v) is 9.00. The van der Waals surface area contributed by atoms with Gasteiger partial charge in [0.05, 0.1) is 6.17 Å². The van der Waals surface area contributed by atoms with E-state index in [1.54, 1.807) is 23.9 Å². The first kappa shape index (κ1) is 21.4. The lowest BCUT2D eigenvalue weighted by atomic mass is 10.1. The van der Waals surface area contributed by atoms with Crippen molar-refractivity contribution in [1.29, 1.82) is 0 Å². The zero-order valence-corrected chi connectivity index (χ0v) is 18.9. The molecule has 0 aliphatic carbocycles. The Labute approximate surface area is 187 Å². The number of aryl methyl sites for hydroxylation is 1. The molecule has 4 rings (SSSR count). The Bertz CT molecular complexity index is 988. The fourth-order valence-corrected chi connectivity index (χ4v) is 4.78. The smallest absolute Gasteiger partial charge is 0.129 e. The van der Waals surface area contributed by atoms with E-state index in [1.807, 2.05) is 0 Å². The highest BCUT2D eigenvalue weighted by atomic mass is 35.5. The molecule has 1 fully saturated rings.